The zero-order chi connectivity index (χ0) is 9.30. The van der Waals surface area contributed by atoms with Gasteiger partial charge in [-0.1, -0.05) is 0 Å². The van der Waals surface area contributed by atoms with Crippen molar-refractivity contribution in [1.29, 1.82) is 0 Å². The molecule has 68 valence electrons. The molecule has 1 heterocycles. The van der Waals surface area contributed by atoms with E-state index in [0.717, 1.165) is 4.77 Å². The van der Waals surface area contributed by atoms with Crippen molar-refractivity contribution < 1.29 is 0 Å². The highest BCUT2D eigenvalue weighted by molar-refractivity contribution is 7.71. The molecule has 2 nitrogen and oxygen atoms in total. The maximum atomic E-state index is 5.30. The molecule has 0 saturated heterocycles. The molecule has 0 aromatic carbocycles. The highest BCUT2D eigenvalue weighted by atomic mass is 32.1. The minimum absolute atomic E-state index is 0.456. The van der Waals surface area contributed by atoms with Gasteiger partial charge in [-0.05, 0) is 39.9 Å². The number of imidazole rings is 1. The summed E-state index contributed by atoms with van der Waals surface area (Å²) in [6, 6.07) is 0.912. The molecule has 0 aliphatic rings. The predicted molar refractivity (Wildman–Crippen MR) is 54.0 cm³/mol. The van der Waals surface area contributed by atoms with Crippen LogP contribution in [0, 0.1) is 4.77 Å². The summed E-state index contributed by atoms with van der Waals surface area (Å²) in [6.45, 7) is 8.56. The summed E-state index contributed by atoms with van der Waals surface area (Å²) >= 11 is 5.30. The van der Waals surface area contributed by atoms with E-state index < -0.39 is 0 Å². The first-order valence-corrected chi connectivity index (χ1v) is 4.74. The molecular formula is C9H16N2S. The highest BCUT2D eigenvalue weighted by Gasteiger charge is 2.04. The molecule has 1 aromatic rings. The third-order valence-electron chi connectivity index (χ3n) is 1.94. The van der Waals surface area contributed by atoms with Crippen LogP contribution in [0.2, 0.25) is 0 Å². The SMILES string of the molecule is CC(C)n1ccn(C(C)C)c1=S. The van der Waals surface area contributed by atoms with Gasteiger partial charge in [0.05, 0.1) is 0 Å². The van der Waals surface area contributed by atoms with Crippen molar-refractivity contribution in [1.82, 2.24) is 9.13 Å². The molecule has 0 bridgehead atoms. The minimum Gasteiger partial charge on any atom is -0.321 e. The molecule has 0 N–H and O–H groups in total. The number of nitrogens with zero attached hydrogens (tertiary/aromatic N) is 2. The van der Waals surface area contributed by atoms with Gasteiger partial charge in [0.2, 0.25) is 0 Å². The van der Waals surface area contributed by atoms with Gasteiger partial charge in [-0.25, -0.2) is 0 Å². The quantitative estimate of drug-likeness (QED) is 0.642. The van der Waals surface area contributed by atoms with E-state index in [2.05, 4.69) is 36.8 Å². The van der Waals surface area contributed by atoms with Crippen LogP contribution in [0.5, 0.6) is 0 Å². The Balaban J connectivity index is 3.14. The molecule has 12 heavy (non-hydrogen) atoms. The first-order chi connectivity index (χ1) is 5.54. The van der Waals surface area contributed by atoms with Crippen LogP contribution in [0.3, 0.4) is 0 Å². The lowest BCUT2D eigenvalue weighted by Gasteiger charge is -2.09. The summed E-state index contributed by atoms with van der Waals surface area (Å²) in [5.41, 5.74) is 0. The second-order valence-electron chi connectivity index (χ2n) is 3.58. The van der Waals surface area contributed by atoms with E-state index in [0.29, 0.717) is 12.1 Å². The van der Waals surface area contributed by atoms with Gasteiger partial charge in [0.1, 0.15) is 0 Å². The van der Waals surface area contributed by atoms with E-state index in [1.54, 1.807) is 0 Å². The molecule has 0 radical (unpaired) electrons. The van der Waals surface area contributed by atoms with E-state index >= 15 is 0 Å². The molecule has 0 saturated carbocycles. The van der Waals surface area contributed by atoms with E-state index in [9.17, 15) is 0 Å². The van der Waals surface area contributed by atoms with E-state index in [1.807, 2.05) is 12.4 Å². The number of hydrogen-bond donors (Lipinski definition) is 0. The van der Waals surface area contributed by atoms with Gasteiger partial charge >= 0.3 is 0 Å². The molecule has 0 fully saturated rings. The van der Waals surface area contributed by atoms with Gasteiger partial charge in [-0.3, -0.25) is 0 Å². The summed E-state index contributed by atoms with van der Waals surface area (Å²) in [5, 5.41) is 0. The van der Waals surface area contributed by atoms with Gasteiger partial charge in [0, 0.05) is 24.5 Å². The molecular weight excluding hydrogens is 168 g/mol. The van der Waals surface area contributed by atoms with Crippen LogP contribution in [0.15, 0.2) is 12.4 Å². The lowest BCUT2D eigenvalue weighted by atomic mass is 10.4. The van der Waals surface area contributed by atoms with Gasteiger partial charge in [-0.15, -0.1) is 0 Å². The Morgan fingerprint density at radius 3 is 1.50 bits per heavy atom. The largest absolute Gasteiger partial charge is 0.321 e. The molecule has 0 aliphatic carbocycles. The van der Waals surface area contributed by atoms with Gasteiger partial charge in [0.15, 0.2) is 4.77 Å². The molecule has 1 aromatic heterocycles. The van der Waals surface area contributed by atoms with Gasteiger partial charge in [-0.2, -0.15) is 0 Å². The summed E-state index contributed by atoms with van der Waals surface area (Å²) < 4.78 is 5.13. The van der Waals surface area contributed by atoms with Crippen molar-refractivity contribution >= 4 is 12.2 Å². The van der Waals surface area contributed by atoms with E-state index in [1.165, 1.54) is 0 Å². The number of rotatable bonds is 2. The van der Waals surface area contributed by atoms with Gasteiger partial charge in [0.25, 0.3) is 0 Å². The Kier molecular flexibility index (Phi) is 2.73. The Morgan fingerprint density at radius 1 is 1.00 bits per heavy atom. The Morgan fingerprint density at radius 2 is 1.33 bits per heavy atom. The first-order valence-electron chi connectivity index (χ1n) is 4.33. The molecule has 0 unspecified atom stereocenters. The number of hydrogen-bond acceptors (Lipinski definition) is 1. The average molecular weight is 184 g/mol. The van der Waals surface area contributed by atoms with Crippen molar-refractivity contribution in [2.45, 2.75) is 39.8 Å². The molecule has 3 heteroatoms. The Labute approximate surface area is 78.8 Å². The second-order valence-corrected chi connectivity index (χ2v) is 3.95. The van der Waals surface area contributed by atoms with Crippen LogP contribution < -0.4 is 0 Å². The fraction of sp³-hybridized carbons (Fsp3) is 0.667. The monoisotopic (exact) mass is 184 g/mol. The molecule has 1 rings (SSSR count). The van der Waals surface area contributed by atoms with Crippen molar-refractivity contribution in [3.63, 3.8) is 0 Å². The molecule has 0 spiro atoms. The number of aromatic nitrogens is 2. The summed E-state index contributed by atoms with van der Waals surface area (Å²) in [4.78, 5) is 0. The standard InChI is InChI=1S/C9H16N2S/c1-7(2)10-5-6-11(8(3)4)9(10)12/h5-8H,1-4H3. The average Bonchev–Trinajstić information content (AvgIpc) is 2.30. The lowest BCUT2D eigenvalue weighted by Crippen LogP contribution is -2.04. The van der Waals surface area contributed by atoms with E-state index in [-0.39, 0.29) is 0 Å². The highest BCUT2D eigenvalue weighted by Crippen LogP contribution is 2.11. The third-order valence-corrected chi connectivity index (χ3v) is 2.36. The minimum atomic E-state index is 0.456. The topological polar surface area (TPSA) is 9.86 Å². The molecule has 0 aliphatic heterocycles. The lowest BCUT2D eigenvalue weighted by molar-refractivity contribution is 0.539. The normalized spacial score (nSPS) is 11.5. The molecule has 0 amide bonds. The maximum absolute atomic E-state index is 5.30. The van der Waals surface area contributed by atoms with Crippen LogP contribution in [-0.2, 0) is 0 Å². The summed E-state index contributed by atoms with van der Waals surface area (Å²) in [6.07, 6.45) is 4.10. The summed E-state index contributed by atoms with van der Waals surface area (Å²) in [5.74, 6) is 0. The van der Waals surface area contributed by atoms with Gasteiger partial charge < -0.3 is 9.13 Å². The predicted octanol–water partition coefficient (Wildman–Crippen LogP) is 3.18. The van der Waals surface area contributed by atoms with Crippen LogP contribution in [0.4, 0.5) is 0 Å². The Bertz CT molecular complexity index is 278. The Hall–Kier alpha value is -0.570. The third kappa shape index (κ3) is 1.61. The zero-order valence-corrected chi connectivity index (χ0v) is 8.93. The van der Waals surface area contributed by atoms with Crippen molar-refractivity contribution in [3.8, 4) is 0 Å². The zero-order valence-electron chi connectivity index (χ0n) is 8.11. The second kappa shape index (κ2) is 3.44. The maximum Gasteiger partial charge on any atom is 0.180 e. The summed E-state index contributed by atoms with van der Waals surface area (Å²) in [7, 11) is 0. The smallest absolute Gasteiger partial charge is 0.180 e. The van der Waals surface area contributed by atoms with Crippen LogP contribution >= 0.6 is 12.2 Å². The fourth-order valence-corrected chi connectivity index (χ4v) is 1.73. The van der Waals surface area contributed by atoms with Crippen LogP contribution in [0.1, 0.15) is 39.8 Å². The van der Waals surface area contributed by atoms with Crippen molar-refractivity contribution in [3.05, 3.63) is 17.2 Å². The van der Waals surface area contributed by atoms with Crippen molar-refractivity contribution in [2.75, 3.05) is 0 Å². The first kappa shape index (κ1) is 9.52. The van der Waals surface area contributed by atoms with Crippen LogP contribution in [-0.4, -0.2) is 9.13 Å². The van der Waals surface area contributed by atoms with Crippen molar-refractivity contribution in [2.24, 2.45) is 0 Å². The van der Waals surface area contributed by atoms with E-state index in [4.69, 9.17) is 12.2 Å². The van der Waals surface area contributed by atoms with Crippen LogP contribution in [0.25, 0.3) is 0 Å². The fourth-order valence-electron chi connectivity index (χ4n) is 1.19. The molecule has 0 atom stereocenters.